The number of benzene rings is 1. The normalized spacial score (nSPS) is 15.5. The smallest absolute Gasteiger partial charge is 0.115 e. The minimum atomic E-state index is 0.769. The highest BCUT2D eigenvalue weighted by atomic mass is 79.9. The Hall–Kier alpha value is -1.53. The summed E-state index contributed by atoms with van der Waals surface area (Å²) in [6.07, 6.45) is 3.38. The van der Waals surface area contributed by atoms with E-state index in [9.17, 15) is 0 Å². The molecule has 0 aliphatic carbocycles. The van der Waals surface area contributed by atoms with E-state index in [1.54, 1.807) is 12.4 Å². The van der Waals surface area contributed by atoms with Gasteiger partial charge in [0.2, 0.25) is 0 Å². The molecule has 0 unspecified atom stereocenters. The summed E-state index contributed by atoms with van der Waals surface area (Å²) in [6.45, 7) is 2.52. The Morgan fingerprint density at radius 2 is 2.11 bits per heavy atom. The van der Waals surface area contributed by atoms with Gasteiger partial charge in [-0.05, 0) is 28.1 Å². The van der Waals surface area contributed by atoms with E-state index in [2.05, 4.69) is 41.5 Å². The Morgan fingerprint density at radius 1 is 1.22 bits per heavy atom. The zero-order valence-electron chi connectivity index (χ0n) is 9.65. The number of fused-ring (bicyclic) bond motifs is 1. The average Bonchev–Trinajstić information content (AvgIpc) is 2.43. The lowest BCUT2D eigenvalue weighted by Gasteiger charge is -2.16. The van der Waals surface area contributed by atoms with Crippen molar-refractivity contribution in [2.24, 2.45) is 4.99 Å². The van der Waals surface area contributed by atoms with E-state index in [1.165, 1.54) is 0 Å². The number of hydrogen-bond donors (Lipinski definition) is 2. The molecule has 18 heavy (non-hydrogen) atoms. The summed E-state index contributed by atoms with van der Waals surface area (Å²) in [6, 6.07) is 3.93. The maximum atomic E-state index is 4.43. The third-order valence-corrected chi connectivity index (χ3v) is 3.54. The number of amidine groups is 1. The standard InChI is InChI=1S/C12H12BrN5/c13-11-8(18-10-7-14-3-4-16-10)1-2-9-12(11)17-6-5-15-9/h1-2,5-6,14H,3-4,7H2,(H,16,18). The lowest BCUT2D eigenvalue weighted by Crippen LogP contribution is -2.35. The molecule has 1 aromatic heterocycles. The van der Waals surface area contributed by atoms with E-state index < -0.39 is 0 Å². The molecule has 0 saturated heterocycles. The van der Waals surface area contributed by atoms with Crippen LogP contribution in [0.15, 0.2) is 34.0 Å². The van der Waals surface area contributed by atoms with Gasteiger partial charge in [0.15, 0.2) is 0 Å². The van der Waals surface area contributed by atoms with Crippen LogP contribution in [0.2, 0.25) is 0 Å². The van der Waals surface area contributed by atoms with Crippen LogP contribution in [0.1, 0.15) is 0 Å². The van der Waals surface area contributed by atoms with Gasteiger partial charge >= 0.3 is 0 Å². The van der Waals surface area contributed by atoms with Crippen LogP contribution in [0.25, 0.3) is 11.0 Å². The van der Waals surface area contributed by atoms with Crippen molar-refractivity contribution in [3.8, 4) is 0 Å². The van der Waals surface area contributed by atoms with Crippen LogP contribution in [0, 0.1) is 0 Å². The van der Waals surface area contributed by atoms with Gasteiger partial charge in [-0.25, -0.2) is 0 Å². The number of nitrogens with one attached hydrogen (secondary N) is 2. The predicted molar refractivity (Wildman–Crippen MR) is 76.0 cm³/mol. The summed E-state index contributed by atoms with van der Waals surface area (Å²) in [5.74, 6) is 0.949. The van der Waals surface area contributed by atoms with Gasteiger partial charge in [0, 0.05) is 18.9 Å². The number of rotatable bonds is 1. The van der Waals surface area contributed by atoms with Gasteiger partial charge in [0.25, 0.3) is 0 Å². The molecule has 3 rings (SSSR count). The maximum absolute atomic E-state index is 4.43. The van der Waals surface area contributed by atoms with E-state index in [0.717, 1.165) is 46.7 Å². The van der Waals surface area contributed by atoms with Crippen molar-refractivity contribution in [3.05, 3.63) is 29.0 Å². The zero-order valence-corrected chi connectivity index (χ0v) is 11.2. The fourth-order valence-electron chi connectivity index (χ4n) is 1.87. The van der Waals surface area contributed by atoms with Crippen LogP contribution < -0.4 is 10.6 Å². The van der Waals surface area contributed by atoms with Crippen molar-refractivity contribution in [2.75, 3.05) is 25.0 Å². The number of aliphatic imine (C=N–C) groups is 1. The summed E-state index contributed by atoms with van der Waals surface area (Å²) >= 11 is 3.57. The van der Waals surface area contributed by atoms with Gasteiger partial charge < -0.3 is 10.6 Å². The molecule has 2 aromatic rings. The first kappa shape index (κ1) is 11.6. The zero-order chi connectivity index (χ0) is 12.4. The number of halogens is 1. The van der Waals surface area contributed by atoms with E-state index in [0.29, 0.717) is 0 Å². The van der Waals surface area contributed by atoms with Gasteiger partial charge in [0.05, 0.1) is 28.8 Å². The predicted octanol–water partition coefficient (Wildman–Crippen LogP) is 1.81. The molecule has 0 bridgehead atoms. The van der Waals surface area contributed by atoms with Gasteiger partial charge in [-0.1, -0.05) is 0 Å². The second-order valence-electron chi connectivity index (χ2n) is 3.98. The summed E-state index contributed by atoms with van der Waals surface area (Å²) in [5.41, 5.74) is 2.69. The van der Waals surface area contributed by atoms with Crippen LogP contribution >= 0.6 is 15.9 Å². The molecule has 0 fully saturated rings. The largest absolute Gasteiger partial charge is 0.342 e. The van der Waals surface area contributed by atoms with Crippen molar-refractivity contribution < 1.29 is 0 Å². The van der Waals surface area contributed by atoms with Crippen LogP contribution in [0.4, 0.5) is 5.69 Å². The molecule has 0 amide bonds. The molecule has 1 aliphatic rings. The van der Waals surface area contributed by atoms with Crippen molar-refractivity contribution in [1.82, 2.24) is 15.3 Å². The summed E-state index contributed by atoms with van der Waals surface area (Å²) in [5, 5.41) is 6.59. The molecule has 1 aliphatic heterocycles. The Bertz CT molecular complexity index is 610. The maximum Gasteiger partial charge on any atom is 0.115 e. The van der Waals surface area contributed by atoms with Crippen LogP contribution in [-0.2, 0) is 0 Å². The third-order valence-electron chi connectivity index (χ3n) is 2.74. The van der Waals surface area contributed by atoms with E-state index in [4.69, 9.17) is 0 Å². The van der Waals surface area contributed by atoms with E-state index in [-0.39, 0.29) is 0 Å². The minimum Gasteiger partial charge on any atom is -0.342 e. The van der Waals surface area contributed by atoms with Gasteiger partial charge in [-0.2, -0.15) is 0 Å². The molecular weight excluding hydrogens is 294 g/mol. The van der Waals surface area contributed by atoms with Crippen molar-refractivity contribution in [2.45, 2.75) is 0 Å². The average molecular weight is 306 g/mol. The molecule has 2 N–H and O–H groups in total. The molecule has 0 radical (unpaired) electrons. The lowest BCUT2D eigenvalue weighted by atomic mass is 10.2. The van der Waals surface area contributed by atoms with Crippen molar-refractivity contribution in [3.63, 3.8) is 0 Å². The number of hydrogen-bond acceptors (Lipinski definition) is 5. The van der Waals surface area contributed by atoms with Crippen LogP contribution in [0.5, 0.6) is 0 Å². The molecule has 5 nitrogen and oxygen atoms in total. The number of anilines is 1. The fourth-order valence-corrected chi connectivity index (χ4v) is 2.41. The van der Waals surface area contributed by atoms with Crippen LogP contribution in [0.3, 0.4) is 0 Å². The monoisotopic (exact) mass is 305 g/mol. The van der Waals surface area contributed by atoms with Crippen molar-refractivity contribution >= 4 is 38.5 Å². The Kier molecular flexibility index (Phi) is 3.21. The van der Waals surface area contributed by atoms with Crippen molar-refractivity contribution in [1.29, 1.82) is 0 Å². The fraction of sp³-hybridized carbons (Fsp3) is 0.250. The number of nitrogens with zero attached hydrogens (tertiary/aromatic N) is 3. The minimum absolute atomic E-state index is 0.769. The Morgan fingerprint density at radius 3 is 2.94 bits per heavy atom. The second-order valence-corrected chi connectivity index (χ2v) is 4.77. The van der Waals surface area contributed by atoms with Gasteiger partial charge in [-0.15, -0.1) is 0 Å². The molecule has 1 aromatic carbocycles. The summed E-state index contributed by atoms with van der Waals surface area (Å²) < 4.78 is 0.918. The molecule has 0 saturated carbocycles. The highest BCUT2D eigenvalue weighted by Crippen LogP contribution is 2.28. The molecule has 2 heterocycles. The first-order valence-corrected chi connectivity index (χ1v) is 6.54. The highest BCUT2D eigenvalue weighted by Gasteiger charge is 2.10. The molecular formula is C12H12BrN5. The van der Waals surface area contributed by atoms with Crippen LogP contribution in [-0.4, -0.2) is 35.4 Å². The van der Waals surface area contributed by atoms with Gasteiger partial charge in [0.1, 0.15) is 11.4 Å². The number of aromatic nitrogens is 2. The first-order chi connectivity index (χ1) is 8.84. The SMILES string of the molecule is Brc1c(NC2=NCCNC2)ccc2nccnc12. The van der Waals surface area contributed by atoms with E-state index >= 15 is 0 Å². The first-order valence-electron chi connectivity index (χ1n) is 5.75. The molecule has 0 spiro atoms. The topological polar surface area (TPSA) is 62.2 Å². The lowest BCUT2D eigenvalue weighted by molar-refractivity contribution is 0.735. The Balaban J connectivity index is 1.97. The molecule has 0 atom stereocenters. The van der Waals surface area contributed by atoms with Gasteiger partial charge in [-0.3, -0.25) is 15.0 Å². The molecule has 92 valence electrons. The summed E-state index contributed by atoms with van der Waals surface area (Å²) in [4.78, 5) is 13.0. The quantitative estimate of drug-likeness (QED) is 0.843. The second kappa shape index (κ2) is 4.99. The third kappa shape index (κ3) is 2.21. The van der Waals surface area contributed by atoms with E-state index in [1.807, 2.05) is 12.1 Å². The summed E-state index contributed by atoms with van der Waals surface area (Å²) in [7, 11) is 0. The Labute approximate surface area is 113 Å². The highest BCUT2D eigenvalue weighted by molar-refractivity contribution is 9.10. The molecule has 6 heteroatoms.